The molecule has 0 N–H and O–H groups in total. The van der Waals surface area contributed by atoms with Crippen LogP contribution in [-0.4, -0.2) is 29.6 Å². The summed E-state index contributed by atoms with van der Waals surface area (Å²) in [6, 6.07) is 12.5. The molecule has 1 aliphatic heterocycles. The number of oxazole rings is 1. The minimum absolute atomic E-state index is 0.602. The maximum atomic E-state index is 6.00. The Labute approximate surface area is 164 Å². The molecule has 0 saturated carbocycles. The van der Waals surface area contributed by atoms with Crippen molar-refractivity contribution < 1.29 is 9.15 Å². The van der Waals surface area contributed by atoms with Crippen LogP contribution in [0, 0.1) is 6.92 Å². The first-order valence-corrected chi connectivity index (χ1v) is 10.6. The van der Waals surface area contributed by atoms with E-state index in [0.29, 0.717) is 12.5 Å². The lowest BCUT2D eigenvalue weighted by Crippen LogP contribution is -2.29. The predicted molar refractivity (Wildman–Crippen MR) is 109 cm³/mol. The normalized spacial score (nSPS) is 15.1. The van der Waals surface area contributed by atoms with E-state index >= 15 is 0 Å². The van der Waals surface area contributed by atoms with E-state index in [4.69, 9.17) is 9.15 Å². The summed E-state index contributed by atoms with van der Waals surface area (Å²) in [6.45, 7) is 6.01. The van der Waals surface area contributed by atoms with Gasteiger partial charge in [0.2, 0.25) is 5.89 Å². The van der Waals surface area contributed by atoms with Gasteiger partial charge in [0.25, 0.3) is 0 Å². The van der Waals surface area contributed by atoms with Gasteiger partial charge in [-0.25, -0.2) is 4.98 Å². The highest BCUT2D eigenvalue weighted by atomic mass is 32.1. The van der Waals surface area contributed by atoms with Gasteiger partial charge in [0.1, 0.15) is 11.5 Å². The van der Waals surface area contributed by atoms with Crippen LogP contribution in [0.2, 0.25) is 0 Å². The van der Waals surface area contributed by atoms with Crippen molar-refractivity contribution in [3.8, 4) is 16.5 Å². The molecular formula is C22H26N2O2S. The number of likely N-dealkylation sites (tertiary alicyclic amines) is 1. The fourth-order valence-electron chi connectivity index (χ4n) is 3.54. The minimum atomic E-state index is 0.602. The first-order valence-electron chi connectivity index (χ1n) is 9.72. The zero-order chi connectivity index (χ0) is 18.5. The summed E-state index contributed by atoms with van der Waals surface area (Å²) in [5, 5.41) is 2.04. The quantitative estimate of drug-likeness (QED) is 0.554. The van der Waals surface area contributed by atoms with E-state index in [9.17, 15) is 0 Å². The summed E-state index contributed by atoms with van der Waals surface area (Å²) < 4.78 is 11.8. The van der Waals surface area contributed by atoms with Crippen LogP contribution in [-0.2, 0) is 13.0 Å². The fraction of sp³-hybridized carbons (Fsp3) is 0.409. The number of benzene rings is 1. The SMILES string of the molecule is Cc1oc(-c2cccs2)nc1CCOc1cccc(CN2CCCCC2)c1. The molecule has 27 heavy (non-hydrogen) atoms. The second kappa shape index (κ2) is 8.72. The summed E-state index contributed by atoms with van der Waals surface area (Å²) in [6.07, 6.45) is 4.76. The molecule has 0 bridgehead atoms. The lowest BCUT2D eigenvalue weighted by Gasteiger charge is -2.26. The number of hydrogen-bond acceptors (Lipinski definition) is 5. The van der Waals surface area contributed by atoms with Gasteiger partial charge in [0.05, 0.1) is 17.2 Å². The molecule has 0 atom stereocenters. The minimum Gasteiger partial charge on any atom is -0.493 e. The average molecular weight is 383 g/mol. The number of rotatable bonds is 7. The van der Waals surface area contributed by atoms with Crippen LogP contribution in [0.3, 0.4) is 0 Å². The highest BCUT2D eigenvalue weighted by molar-refractivity contribution is 7.13. The first-order chi connectivity index (χ1) is 13.3. The zero-order valence-electron chi connectivity index (χ0n) is 15.8. The van der Waals surface area contributed by atoms with Crippen LogP contribution < -0.4 is 4.74 Å². The van der Waals surface area contributed by atoms with Gasteiger partial charge in [-0.15, -0.1) is 11.3 Å². The third-order valence-electron chi connectivity index (χ3n) is 4.99. The Hall–Kier alpha value is -2.11. The monoisotopic (exact) mass is 382 g/mol. The van der Waals surface area contributed by atoms with Gasteiger partial charge < -0.3 is 9.15 Å². The molecule has 5 heteroatoms. The van der Waals surface area contributed by atoms with E-state index in [1.165, 1.54) is 37.9 Å². The van der Waals surface area contributed by atoms with Crippen LogP contribution in [0.15, 0.2) is 46.2 Å². The Kier molecular flexibility index (Phi) is 5.90. The van der Waals surface area contributed by atoms with Crippen molar-refractivity contribution in [1.82, 2.24) is 9.88 Å². The van der Waals surface area contributed by atoms with Gasteiger partial charge in [-0.3, -0.25) is 4.90 Å². The second-order valence-electron chi connectivity index (χ2n) is 7.08. The summed E-state index contributed by atoms with van der Waals surface area (Å²) >= 11 is 1.64. The Morgan fingerprint density at radius 3 is 2.85 bits per heavy atom. The summed E-state index contributed by atoms with van der Waals surface area (Å²) in [7, 11) is 0. The fourth-order valence-corrected chi connectivity index (χ4v) is 4.19. The van der Waals surface area contributed by atoms with Crippen molar-refractivity contribution in [2.24, 2.45) is 0 Å². The van der Waals surface area contributed by atoms with Gasteiger partial charge in [-0.1, -0.05) is 24.6 Å². The van der Waals surface area contributed by atoms with Crippen molar-refractivity contribution in [3.05, 3.63) is 58.8 Å². The number of hydrogen-bond donors (Lipinski definition) is 0. The van der Waals surface area contributed by atoms with Crippen LogP contribution in [0.4, 0.5) is 0 Å². The van der Waals surface area contributed by atoms with Crippen LogP contribution in [0.25, 0.3) is 10.8 Å². The zero-order valence-corrected chi connectivity index (χ0v) is 16.6. The second-order valence-corrected chi connectivity index (χ2v) is 8.03. The summed E-state index contributed by atoms with van der Waals surface area (Å²) in [5.74, 6) is 2.52. The first kappa shape index (κ1) is 18.3. The summed E-state index contributed by atoms with van der Waals surface area (Å²) in [4.78, 5) is 8.24. The van der Waals surface area contributed by atoms with Gasteiger partial charge in [-0.05, 0) is 62.0 Å². The standard InChI is InChI=1S/C22H26N2O2S/c1-17-20(23-22(26-17)21-9-6-14-27-21)10-13-25-19-8-5-7-18(15-19)16-24-11-3-2-4-12-24/h5-9,14-15H,2-4,10-13,16H2,1H3. The van der Waals surface area contributed by atoms with Gasteiger partial charge in [0.15, 0.2) is 0 Å². The van der Waals surface area contributed by atoms with Crippen LogP contribution in [0.1, 0.15) is 36.3 Å². The molecule has 0 radical (unpaired) electrons. The molecule has 0 spiro atoms. The highest BCUT2D eigenvalue weighted by Crippen LogP contribution is 2.26. The lowest BCUT2D eigenvalue weighted by atomic mass is 10.1. The largest absolute Gasteiger partial charge is 0.493 e. The van der Waals surface area contributed by atoms with E-state index < -0.39 is 0 Å². The predicted octanol–water partition coefficient (Wildman–Crippen LogP) is 5.32. The van der Waals surface area contributed by atoms with Crippen molar-refractivity contribution in [1.29, 1.82) is 0 Å². The van der Waals surface area contributed by atoms with Crippen molar-refractivity contribution >= 4 is 11.3 Å². The number of aryl methyl sites for hydroxylation is 1. The number of nitrogens with zero attached hydrogens (tertiary/aromatic N) is 2. The van der Waals surface area contributed by atoms with Crippen molar-refractivity contribution in [2.45, 2.75) is 39.2 Å². The lowest BCUT2D eigenvalue weighted by molar-refractivity contribution is 0.220. The van der Waals surface area contributed by atoms with Crippen molar-refractivity contribution in [3.63, 3.8) is 0 Å². The van der Waals surface area contributed by atoms with Gasteiger partial charge in [0, 0.05) is 13.0 Å². The maximum absolute atomic E-state index is 6.00. The third-order valence-corrected chi connectivity index (χ3v) is 5.84. The van der Waals surface area contributed by atoms with Crippen molar-refractivity contribution in [2.75, 3.05) is 19.7 Å². The Morgan fingerprint density at radius 1 is 1.15 bits per heavy atom. The topological polar surface area (TPSA) is 38.5 Å². The summed E-state index contributed by atoms with van der Waals surface area (Å²) in [5.41, 5.74) is 2.30. The number of ether oxygens (including phenoxy) is 1. The highest BCUT2D eigenvalue weighted by Gasteiger charge is 2.13. The molecule has 2 aromatic heterocycles. The van der Waals surface area contributed by atoms with Gasteiger partial charge in [-0.2, -0.15) is 0 Å². The Morgan fingerprint density at radius 2 is 2.04 bits per heavy atom. The number of piperidine rings is 1. The molecule has 1 saturated heterocycles. The molecule has 1 fully saturated rings. The maximum Gasteiger partial charge on any atom is 0.236 e. The van der Waals surface area contributed by atoms with E-state index in [0.717, 1.165) is 35.0 Å². The Balaban J connectivity index is 1.32. The van der Waals surface area contributed by atoms with E-state index in [-0.39, 0.29) is 0 Å². The Bertz CT molecular complexity index is 851. The molecule has 4 nitrogen and oxygen atoms in total. The average Bonchev–Trinajstić information content (AvgIpc) is 3.33. The molecule has 3 heterocycles. The molecular weight excluding hydrogens is 356 g/mol. The molecule has 4 rings (SSSR count). The molecule has 0 aliphatic carbocycles. The number of thiophene rings is 1. The van der Waals surface area contributed by atoms with Crippen LogP contribution >= 0.6 is 11.3 Å². The molecule has 3 aromatic rings. The van der Waals surface area contributed by atoms with E-state index in [1.54, 1.807) is 11.3 Å². The molecule has 0 amide bonds. The van der Waals surface area contributed by atoms with Crippen LogP contribution in [0.5, 0.6) is 5.75 Å². The molecule has 1 aliphatic rings. The van der Waals surface area contributed by atoms with Gasteiger partial charge >= 0.3 is 0 Å². The molecule has 1 aromatic carbocycles. The third kappa shape index (κ3) is 4.79. The smallest absolute Gasteiger partial charge is 0.236 e. The van der Waals surface area contributed by atoms with E-state index in [2.05, 4.69) is 28.1 Å². The molecule has 142 valence electrons. The molecule has 0 unspecified atom stereocenters. The van der Waals surface area contributed by atoms with E-state index in [1.807, 2.05) is 30.5 Å². The number of aromatic nitrogens is 1.